The van der Waals surface area contributed by atoms with Crippen LogP contribution in [0.15, 0.2) is 103 Å². The molecule has 1 unspecified atom stereocenters. The predicted octanol–water partition coefficient (Wildman–Crippen LogP) is 8.68. The Morgan fingerprint density at radius 3 is 1.43 bits per heavy atom. The minimum atomic E-state index is -0.375. The van der Waals surface area contributed by atoms with Crippen LogP contribution in [0.1, 0.15) is 44.5 Å². The number of aryl methyl sites for hydroxylation is 3. The van der Waals surface area contributed by atoms with Gasteiger partial charge in [-0.1, -0.05) is 0 Å². The fraction of sp³-hybridized carbons (Fsp3) is 0.161. The van der Waals surface area contributed by atoms with E-state index in [1.54, 1.807) is 0 Å². The Hall–Kier alpha value is -1.80. The summed E-state index contributed by atoms with van der Waals surface area (Å²) in [5.41, 5.74) is 10.2. The molecule has 35 heavy (non-hydrogen) atoms. The average molecular weight is 557 g/mol. The molecule has 0 fully saturated rings. The molecule has 0 nitrogen and oxygen atoms in total. The zero-order valence-corrected chi connectivity index (χ0v) is 24.1. The molecule has 0 aliphatic heterocycles. The molecule has 4 aromatic rings. The van der Waals surface area contributed by atoms with Crippen molar-refractivity contribution in [3.05, 3.63) is 148 Å². The normalized spacial score (nSPS) is 15.8. The van der Waals surface area contributed by atoms with E-state index >= 15 is 0 Å². The molecule has 0 N–H and O–H groups in total. The summed E-state index contributed by atoms with van der Waals surface area (Å²) >= 11 is 2.42. The van der Waals surface area contributed by atoms with Crippen molar-refractivity contribution in [2.75, 3.05) is 0 Å². The van der Waals surface area contributed by atoms with E-state index in [9.17, 15) is 0 Å². The topological polar surface area (TPSA) is 0 Å². The smallest absolute Gasteiger partial charge is 0.147 e. The van der Waals surface area contributed by atoms with Gasteiger partial charge in [-0.25, -0.2) is 0 Å². The van der Waals surface area contributed by atoms with Gasteiger partial charge >= 0.3 is 204 Å². The van der Waals surface area contributed by atoms with Crippen LogP contribution < -0.4 is 0 Å². The van der Waals surface area contributed by atoms with Crippen molar-refractivity contribution < 1.29 is 20.4 Å². The molecule has 0 heterocycles. The molecule has 179 valence electrons. The standard InChI is InChI=1S/C31H27.3ClH.Ti/c1-22-9-6-13-26(19-22)31(27-14-7-10-23(2)20-27,28-15-8-11-24(3)21-28)30-18-17-25-12-4-5-16-29(25)30;;;;/h4-21H,1-3H3;3*1H;. The largest absolute Gasteiger partial charge is 0.147 e. The van der Waals surface area contributed by atoms with E-state index in [4.69, 9.17) is 0 Å². The third kappa shape index (κ3) is 4.80. The molecule has 5 rings (SSSR count). The van der Waals surface area contributed by atoms with Crippen molar-refractivity contribution in [3.63, 3.8) is 0 Å². The minimum absolute atomic E-state index is 0. The quantitative estimate of drug-likeness (QED) is 0.174. The molecule has 0 amide bonds. The van der Waals surface area contributed by atoms with Gasteiger partial charge in [0.15, 0.2) is 0 Å². The zero-order chi connectivity index (χ0) is 22.3. The van der Waals surface area contributed by atoms with E-state index in [2.05, 4.69) is 150 Å². The fourth-order valence-corrected chi connectivity index (χ4v) is 6.61. The van der Waals surface area contributed by atoms with Crippen molar-refractivity contribution in [3.8, 4) is 0 Å². The number of allylic oxidation sites excluding steroid dienone is 1. The molecule has 0 saturated heterocycles. The van der Waals surface area contributed by atoms with Gasteiger partial charge < -0.3 is 0 Å². The van der Waals surface area contributed by atoms with E-state index in [-0.39, 0.29) is 46.4 Å². The van der Waals surface area contributed by atoms with Gasteiger partial charge in [-0.05, 0) is 0 Å². The predicted molar refractivity (Wildman–Crippen MR) is 152 cm³/mol. The third-order valence-corrected chi connectivity index (χ3v) is 8.11. The van der Waals surface area contributed by atoms with Crippen LogP contribution >= 0.6 is 37.2 Å². The van der Waals surface area contributed by atoms with Crippen LogP contribution in [0.25, 0.3) is 6.08 Å². The van der Waals surface area contributed by atoms with Crippen molar-refractivity contribution >= 4 is 43.3 Å². The first kappa shape index (κ1) is 29.4. The summed E-state index contributed by atoms with van der Waals surface area (Å²) in [6.45, 7) is 6.59. The summed E-state index contributed by atoms with van der Waals surface area (Å²) < 4.78 is -0.251. The van der Waals surface area contributed by atoms with Gasteiger partial charge in [-0.2, -0.15) is 0 Å². The maximum absolute atomic E-state index is 2.44. The average Bonchev–Trinajstić information content (AvgIpc) is 3.13. The maximum atomic E-state index is 2.44. The first-order valence-corrected chi connectivity index (χ1v) is 12.0. The van der Waals surface area contributed by atoms with Crippen molar-refractivity contribution in [1.29, 1.82) is 0 Å². The Labute approximate surface area is 239 Å². The van der Waals surface area contributed by atoms with Gasteiger partial charge in [-0.3, -0.25) is 0 Å². The number of halogens is 3. The van der Waals surface area contributed by atoms with Crippen LogP contribution in [0.5, 0.6) is 0 Å². The van der Waals surface area contributed by atoms with Gasteiger partial charge in [0.2, 0.25) is 0 Å². The van der Waals surface area contributed by atoms with E-state index in [1.165, 1.54) is 44.5 Å². The van der Waals surface area contributed by atoms with Crippen LogP contribution in [-0.2, 0) is 29.6 Å². The monoisotopic (exact) mass is 555 g/mol. The van der Waals surface area contributed by atoms with Crippen LogP contribution in [0, 0.1) is 20.8 Å². The van der Waals surface area contributed by atoms with Crippen molar-refractivity contribution in [2.45, 2.75) is 29.9 Å². The number of benzene rings is 4. The van der Waals surface area contributed by atoms with Crippen LogP contribution in [0.2, 0.25) is 0 Å². The van der Waals surface area contributed by atoms with E-state index < -0.39 is 0 Å². The second kappa shape index (κ2) is 11.5. The van der Waals surface area contributed by atoms with E-state index in [0.29, 0.717) is 0 Å². The molecular weight excluding hydrogens is 527 g/mol. The second-order valence-corrected chi connectivity index (χ2v) is 10.3. The summed E-state index contributed by atoms with van der Waals surface area (Å²) in [5, 5.41) is 0. The van der Waals surface area contributed by atoms with Gasteiger partial charge in [0.25, 0.3) is 0 Å². The summed E-state index contributed by atoms with van der Waals surface area (Å²) in [7, 11) is 0. The zero-order valence-electron chi connectivity index (χ0n) is 20.1. The molecule has 4 aromatic carbocycles. The first-order chi connectivity index (χ1) is 15.4. The van der Waals surface area contributed by atoms with E-state index in [0.717, 1.165) is 0 Å². The Kier molecular flexibility index (Phi) is 9.68. The van der Waals surface area contributed by atoms with Crippen LogP contribution in [0.3, 0.4) is 0 Å². The molecule has 0 saturated carbocycles. The Morgan fingerprint density at radius 2 is 1.00 bits per heavy atom. The summed E-state index contributed by atoms with van der Waals surface area (Å²) in [6, 6.07) is 36.2. The molecule has 1 atom stereocenters. The van der Waals surface area contributed by atoms with Crippen molar-refractivity contribution in [1.82, 2.24) is 0 Å². The van der Waals surface area contributed by atoms with Gasteiger partial charge in [0.1, 0.15) is 0 Å². The molecule has 0 radical (unpaired) electrons. The Bertz CT molecular complexity index is 1230. The maximum Gasteiger partial charge on any atom is -0.147 e. The van der Waals surface area contributed by atoms with Crippen LogP contribution in [-0.4, -0.2) is 0 Å². The molecule has 1 aliphatic carbocycles. The number of hydrogen-bond donors (Lipinski definition) is 0. The molecule has 4 heteroatoms. The molecular formula is C31H30Cl3Ti. The first-order valence-electron chi connectivity index (χ1n) is 11.2. The Balaban J connectivity index is 0.00000144. The van der Waals surface area contributed by atoms with Crippen LogP contribution in [0.4, 0.5) is 0 Å². The third-order valence-electron chi connectivity index (χ3n) is 6.84. The van der Waals surface area contributed by atoms with E-state index in [1.807, 2.05) is 0 Å². The molecule has 0 spiro atoms. The SMILES string of the molecule is Cc1cccc(C(c2cccc(C)c2)(c2cccc(C)c2)[C]2([Ti])C=Cc3ccccc32)c1.Cl.Cl.Cl. The summed E-state index contributed by atoms with van der Waals surface area (Å²) in [5.74, 6) is 0. The number of fused-ring (bicyclic) bond motifs is 1. The minimum Gasteiger partial charge on any atom is -0.147 e. The van der Waals surface area contributed by atoms with Gasteiger partial charge in [0.05, 0.1) is 0 Å². The van der Waals surface area contributed by atoms with Crippen molar-refractivity contribution in [2.24, 2.45) is 0 Å². The summed E-state index contributed by atoms with van der Waals surface area (Å²) in [6.07, 6.45) is 4.75. The number of hydrogen-bond acceptors (Lipinski definition) is 0. The Morgan fingerprint density at radius 1 is 0.571 bits per heavy atom. The molecule has 0 bridgehead atoms. The number of rotatable bonds is 4. The van der Waals surface area contributed by atoms with Gasteiger partial charge in [-0.15, -0.1) is 37.2 Å². The molecule has 1 aliphatic rings. The molecule has 0 aromatic heterocycles. The second-order valence-electron chi connectivity index (χ2n) is 9.09. The summed E-state index contributed by atoms with van der Waals surface area (Å²) in [4.78, 5) is 0. The van der Waals surface area contributed by atoms with Gasteiger partial charge in [0, 0.05) is 0 Å². The fourth-order valence-electron chi connectivity index (χ4n) is 5.45.